The average molecular weight is 512 g/mol. The number of carbonyl (C=O) groups is 1. The Balaban J connectivity index is 1.84. The van der Waals surface area contributed by atoms with E-state index >= 15 is 4.39 Å². The number of aromatic nitrogens is 4. The lowest BCUT2D eigenvalue weighted by atomic mass is 10.0. The van der Waals surface area contributed by atoms with E-state index in [9.17, 15) is 9.90 Å². The zero-order valence-corrected chi connectivity index (χ0v) is 22.3. The molecule has 3 aromatic rings. The Labute approximate surface area is 217 Å². The number of benzene rings is 1. The van der Waals surface area contributed by atoms with Gasteiger partial charge in [0.15, 0.2) is 11.4 Å². The maximum Gasteiger partial charge on any atom is 0.229 e. The minimum atomic E-state index is -0.412. The summed E-state index contributed by atoms with van der Waals surface area (Å²) in [6.45, 7) is 7.03. The number of nitrogens with one attached hydrogen (secondary N) is 2. The number of fused-ring (bicyclic) bond motifs is 1. The van der Waals surface area contributed by atoms with Gasteiger partial charge in [0.1, 0.15) is 5.82 Å². The van der Waals surface area contributed by atoms with Gasteiger partial charge in [0.05, 0.1) is 6.20 Å². The van der Waals surface area contributed by atoms with E-state index in [1.807, 2.05) is 25.9 Å². The molecular formula is C27H38FN7O2. The largest absolute Gasteiger partial charge is 0.396 e. The van der Waals surface area contributed by atoms with Gasteiger partial charge in [0.2, 0.25) is 11.9 Å². The van der Waals surface area contributed by atoms with Crippen molar-refractivity contribution >= 4 is 23.3 Å². The molecule has 1 aromatic carbocycles. The Hall–Kier alpha value is -3.37. The van der Waals surface area contributed by atoms with E-state index in [0.717, 1.165) is 12.0 Å². The van der Waals surface area contributed by atoms with Crippen molar-refractivity contribution in [1.82, 2.24) is 24.5 Å². The van der Waals surface area contributed by atoms with E-state index in [0.29, 0.717) is 41.6 Å². The lowest BCUT2D eigenvalue weighted by molar-refractivity contribution is -0.114. The van der Waals surface area contributed by atoms with Gasteiger partial charge in [0.25, 0.3) is 0 Å². The SMILES string of the molecule is CCC(CCO)Nc1nc(NCc2cccc(CC(=O)/C=C/CN(C)C)c2F)n2ncc(C(C)C)c2n1. The number of ketones is 1. The maximum atomic E-state index is 15.3. The number of nitrogens with zero attached hydrogens (tertiary/aromatic N) is 5. The highest BCUT2D eigenvalue weighted by Crippen LogP contribution is 2.23. The first-order chi connectivity index (χ1) is 17.7. The summed E-state index contributed by atoms with van der Waals surface area (Å²) in [6.07, 6.45) is 6.42. The first kappa shape index (κ1) is 28.2. The topological polar surface area (TPSA) is 108 Å². The summed E-state index contributed by atoms with van der Waals surface area (Å²) >= 11 is 0. The number of anilines is 2. The van der Waals surface area contributed by atoms with Gasteiger partial charge in [-0.2, -0.15) is 19.6 Å². The molecule has 1 atom stereocenters. The van der Waals surface area contributed by atoms with Gasteiger partial charge in [-0.3, -0.25) is 4.79 Å². The predicted molar refractivity (Wildman–Crippen MR) is 144 cm³/mol. The van der Waals surface area contributed by atoms with Crippen molar-refractivity contribution in [3.05, 3.63) is 59.1 Å². The molecular weight excluding hydrogens is 473 g/mol. The monoisotopic (exact) mass is 511 g/mol. The van der Waals surface area contributed by atoms with Crippen molar-refractivity contribution in [3.8, 4) is 0 Å². The van der Waals surface area contributed by atoms with Gasteiger partial charge >= 0.3 is 0 Å². The second kappa shape index (κ2) is 13.3. The molecule has 0 aliphatic rings. The van der Waals surface area contributed by atoms with Crippen LogP contribution in [0.5, 0.6) is 0 Å². The molecule has 0 aliphatic heterocycles. The molecule has 0 amide bonds. The van der Waals surface area contributed by atoms with Crippen LogP contribution >= 0.6 is 0 Å². The number of allylic oxidation sites excluding steroid dienone is 1. The lowest BCUT2D eigenvalue weighted by Crippen LogP contribution is -2.22. The lowest BCUT2D eigenvalue weighted by Gasteiger charge is -2.17. The van der Waals surface area contributed by atoms with Gasteiger partial charge in [-0.1, -0.05) is 45.0 Å². The number of likely N-dealkylation sites (N-methyl/N-ethyl adjacent to an activating group) is 1. The fourth-order valence-electron chi connectivity index (χ4n) is 3.92. The van der Waals surface area contributed by atoms with Crippen molar-refractivity contribution < 1.29 is 14.3 Å². The quantitative estimate of drug-likeness (QED) is 0.281. The van der Waals surface area contributed by atoms with Crippen LogP contribution in [0.25, 0.3) is 5.65 Å². The number of rotatable bonds is 14. The average Bonchev–Trinajstić information content (AvgIpc) is 3.28. The Bertz CT molecular complexity index is 1220. The summed E-state index contributed by atoms with van der Waals surface area (Å²) in [5.74, 6) is 0.481. The molecule has 10 heteroatoms. The fourth-order valence-corrected chi connectivity index (χ4v) is 3.92. The Morgan fingerprint density at radius 3 is 2.68 bits per heavy atom. The van der Waals surface area contributed by atoms with E-state index in [-0.39, 0.29) is 37.3 Å². The Kier molecular flexibility index (Phi) is 10.1. The normalized spacial score (nSPS) is 12.7. The standard InChI is InChI=1S/C27H38FN7O2/c1-6-21(12-14-36)31-26-32-25-23(18(2)3)17-30-35(25)27(33-26)29-16-20-10-7-9-19(24(20)28)15-22(37)11-8-13-34(4)5/h7-11,17-18,21,36H,6,12-16H2,1-5H3,(H2,29,31,32,33)/b11-8+. The summed E-state index contributed by atoms with van der Waals surface area (Å²) in [5, 5.41) is 20.3. The smallest absolute Gasteiger partial charge is 0.229 e. The van der Waals surface area contributed by atoms with Crippen molar-refractivity contribution in [2.75, 3.05) is 37.9 Å². The Morgan fingerprint density at radius 1 is 1.24 bits per heavy atom. The second-order valence-electron chi connectivity index (χ2n) is 9.67. The summed E-state index contributed by atoms with van der Waals surface area (Å²) < 4.78 is 16.9. The van der Waals surface area contributed by atoms with Crippen LogP contribution in [0.4, 0.5) is 16.3 Å². The summed E-state index contributed by atoms with van der Waals surface area (Å²) in [7, 11) is 3.83. The molecule has 9 nitrogen and oxygen atoms in total. The van der Waals surface area contributed by atoms with Gasteiger partial charge in [-0.05, 0) is 44.5 Å². The molecule has 1 unspecified atom stereocenters. The highest BCUT2D eigenvalue weighted by molar-refractivity contribution is 5.91. The minimum Gasteiger partial charge on any atom is -0.396 e. The molecule has 0 saturated carbocycles. The first-order valence-corrected chi connectivity index (χ1v) is 12.7. The van der Waals surface area contributed by atoms with E-state index < -0.39 is 5.82 Å². The van der Waals surface area contributed by atoms with E-state index in [1.165, 1.54) is 6.08 Å². The van der Waals surface area contributed by atoms with Crippen molar-refractivity contribution in [3.63, 3.8) is 0 Å². The van der Waals surface area contributed by atoms with Crippen LogP contribution in [0.1, 0.15) is 56.2 Å². The van der Waals surface area contributed by atoms with Crippen LogP contribution in [0.2, 0.25) is 0 Å². The maximum absolute atomic E-state index is 15.3. The number of hydrogen-bond acceptors (Lipinski definition) is 8. The molecule has 3 rings (SSSR count). The number of halogens is 1. The zero-order valence-electron chi connectivity index (χ0n) is 22.3. The van der Waals surface area contributed by atoms with E-state index in [1.54, 1.807) is 35.0 Å². The molecule has 0 spiro atoms. The van der Waals surface area contributed by atoms with Gasteiger partial charge in [-0.25, -0.2) is 4.39 Å². The molecule has 2 aromatic heterocycles. The van der Waals surface area contributed by atoms with Crippen molar-refractivity contribution in [2.24, 2.45) is 0 Å². The number of aliphatic hydroxyl groups is 1. The third kappa shape index (κ3) is 7.56. The molecule has 37 heavy (non-hydrogen) atoms. The third-order valence-electron chi connectivity index (χ3n) is 6.06. The summed E-state index contributed by atoms with van der Waals surface area (Å²) in [4.78, 5) is 23.5. The third-order valence-corrected chi connectivity index (χ3v) is 6.06. The molecule has 200 valence electrons. The fraction of sp³-hybridized carbons (Fsp3) is 0.481. The van der Waals surface area contributed by atoms with Gasteiger partial charge < -0.3 is 20.6 Å². The van der Waals surface area contributed by atoms with Gasteiger partial charge in [0, 0.05) is 43.3 Å². The van der Waals surface area contributed by atoms with Crippen molar-refractivity contribution in [2.45, 2.75) is 58.5 Å². The zero-order chi connectivity index (χ0) is 26.9. The van der Waals surface area contributed by atoms with E-state index in [4.69, 9.17) is 0 Å². The van der Waals surface area contributed by atoms with Crippen LogP contribution in [0.15, 0.2) is 36.5 Å². The highest BCUT2D eigenvalue weighted by atomic mass is 19.1. The van der Waals surface area contributed by atoms with Crippen LogP contribution in [0, 0.1) is 5.82 Å². The van der Waals surface area contributed by atoms with Gasteiger partial charge in [-0.15, -0.1) is 0 Å². The molecule has 0 aliphatic carbocycles. The summed E-state index contributed by atoms with van der Waals surface area (Å²) in [6, 6.07) is 5.09. The molecule has 2 heterocycles. The predicted octanol–water partition coefficient (Wildman–Crippen LogP) is 3.80. The number of carbonyl (C=O) groups excluding carboxylic acids is 1. The molecule has 0 saturated heterocycles. The molecule has 0 fully saturated rings. The van der Waals surface area contributed by atoms with E-state index in [2.05, 4.69) is 39.5 Å². The van der Waals surface area contributed by atoms with Crippen molar-refractivity contribution in [1.29, 1.82) is 0 Å². The first-order valence-electron chi connectivity index (χ1n) is 12.7. The Morgan fingerprint density at radius 2 is 2.00 bits per heavy atom. The molecule has 0 bridgehead atoms. The second-order valence-corrected chi connectivity index (χ2v) is 9.67. The molecule has 0 radical (unpaired) electrons. The number of hydrogen-bond donors (Lipinski definition) is 3. The van der Waals surface area contributed by atoms with Crippen LogP contribution in [0.3, 0.4) is 0 Å². The minimum absolute atomic E-state index is 0.00437. The highest BCUT2D eigenvalue weighted by Gasteiger charge is 2.18. The van der Waals surface area contributed by atoms with Crippen LogP contribution < -0.4 is 10.6 Å². The molecule has 3 N–H and O–H groups in total. The van der Waals surface area contributed by atoms with Crippen LogP contribution in [-0.4, -0.2) is 68.7 Å². The number of aliphatic hydroxyl groups excluding tert-OH is 1. The summed E-state index contributed by atoms with van der Waals surface area (Å²) in [5.41, 5.74) is 2.41. The van der Waals surface area contributed by atoms with Crippen LogP contribution in [-0.2, 0) is 17.8 Å².